The van der Waals surface area contributed by atoms with E-state index in [0.29, 0.717) is 0 Å². The number of amides is 1. The highest BCUT2D eigenvalue weighted by Gasteiger charge is 2.30. The van der Waals surface area contributed by atoms with Gasteiger partial charge >= 0.3 is 11.9 Å². The lowest BCUT2D eigenvalue weighted by Gasteiger charge is -2.07. The summed E-state index contributed by atoms with van der Waals surface area (Å²) in [5, 5.41) is 23.1. The Kier molecular flexibility index (Phi) is 6.94. The predicted molar refractivity (Wildman–Crippen MR) is 104 cm³/mol. The average Bonchev–Trinajstić information content (AvgIpc) is 3.35. The maximum absolute atomic E-state index is 12.9. The summed E-state index contributed by atoms with van der Waals surface area (Å²) in [5.74, 6) is -0.758. The van der Waals surface area contributed by atoms with Crippen molar-refractivity contribution in [2.45, 2.75) is 11.2 Å². The highest BCUT2D eigenvalue weighted by atomic mass is 32.2. The number of thioether (sulfide) groups is 1. The number of amidine groups is 1. The molecule has 2 heterocycles. The average molecular weight is 472 g/mol. The van der Waals surface area contributed by atoms with E-state index in [4.69, 9.17) is 0 Å². The van der Waals surface area contributed by atoms with Crippen LogP contribution < -0.4 is 16.5 Å². The summed E-state index contributed by atoms with van der Waals surface area (Å²) in [6.45, 7) is 0.140. The van der Waals surface area contributed by atoms with Crippen molar-refractivity contribution in [3.63, 3.8) is 0 Å². The quantitative estimate of drug-likeness (QED) is 0.130. The molecule has 32 heavy (non-hydrogen) atoms. The van der Waals surface area contributed by atoms with Crippen LogP contribution in [0.15, 0.2) is 43.7 Å². The normalized spacial score (nSPS) is 12.1. The van der Waals surface area contributed by atoms with E-state index in [1.54, 1.807) is 5.48 Å². The Bertz CT molecular complexity index is 1190. The van der Waals surface area contributed by atoms with E-state index in [1.165, 1.54) is 19.2 Å². The van der Waals surface area contributed by atoms with Crippen molar-refractivity contribution in [1.29, 1.82) is 0 Å². The first-order chi connectivity index (χ1) is 15.2. The summed E-state index contributed by atoms with van der Waals surface area (Å²) in [6, 6.07) is 4.17. The van der Waals surface area contributed by atoms with Crippen LogP contribution in [-0.4, -0.2) is 54.3 Å². The maximum Gasteiger partial charge on any atom is 0.416 e. The van der Waals surface area contributed by atoms with Crippen molar-refractivity contribution in [3.05, 3.63) is 51.8 Å². The highest BCUT2D eigenvalue weighted by molar-refractivity contribution is 7.99. The zero-order valence-electron chi connectivity index (χ0n) is 16.2. The second-order valence-electron chi connectivity index (χ2n) is 6.05. The monoisotopic (exact) mass is 472 g/mol. The van der Waals surface area contributed by atoms with Gasteiger partial charge in [-0.1, -0.05) is 17.8 Å². The smallest absolute Gasteiger partial charge is 0.348 e. The topological polar surface area (TPSA) is 163 Å². The summed E-state index contributed by atoms with van der Waals surface area (Å²) in [6.07, 6.45) is -4.55. The van der Waals surface area contributed by atoms with Crippen molar-refractivity contribution in [3.8, 4) is 0 Å². The molecule has 0 unspecified atom stereocenters. The van der Waals surface area contributed by atoms with E-state index in [0.717, 1.165) is 28.6 Å². The van der Waals surface area contributed by atoms with Crippen LogP contribution in [0.4, 0.5) is 18.9 Å². The van der Waals surface area contributed by atoms with Gasteiger partial charge in [0.25, 0.3) is 5.91 Å². The summed E-state index contributed by atoms with van der Waals surface area (Å²) in [4.78, 5) is 29.5. The van der Waals surface area contributed by atoms with Gasteiger partial charge in [0.2, 0.25) is 5.82 Å². The molecule has 0 bridgehead atoms. The number of alkyl halides is 3. The van der Waals surface area contributed by atoms with Gasteiger partial charge in [-0.05, 0) is 28.5 Å². The molecular formula is C16H15F3N8O4S. The third-order valence-electron chi connectivity index (χ3n) is 3.81. The number of rotatable bonds is 7. The molecule has 0 aliphatic rings. The van der Waals surface area contributed by atoms with Gasteiger partial charge in [0.1, 0.15) is 0 Å². The van der Waals surface area contributed by atoms with E-state index >= 15 is 0 Å². The largest absolute Gasteiger partial charge is 0.416 e. The first kappa shape index (κ1) is 23.0. The molecule has 3 rings (SSSR count). The van der Waals surface area contributed by atoms with E-state index in [1.807, 2.05) is 0 Å². The molecule has 12 nitrogen and oxygen atoms in total. The van der Waals surface area contributed by atoms with E-state index in [2.05, 4.69) is 35.3 Å². The van der Waals surface area contributed by atoms with E-state index < -0.39 is 23.3 Å². The van der Waals surface area contributed by atoms with Crippen molar-refractivity contribution < 1.29 is 27.8 Å². The summed E-state index contributed by atoms with van der Waals surface area (Å²) in [5.41, 5.74) is 0.188. The summed E-state index contributed by atoms with van der Waals surface area (Å²) < 4.78 is 44.2. The molecule has 0 saturated carbocycles. The van der Waals surface area contributed by atoms with Crippen molar-refractivity contribution in [1.82, 2.24) is 35.9 Å². The van der Waals surface area contributed by atoms with Crippen LogP contribution in [0.1, 0.15) is 21.9 Å². The Morgan fingerprint density at radius 1 is 1.38 bits per heavy atom. The minimum absolute atomic E-state index is 0.0460. The molecule has 0 aliphatic heterocycles. The Morgan fingerprint density at radius 3 is 2.81 bits per heavy atom. The van der Waals surface area contributed by atoms with Crippen molar-refractivity contribution in [2.24, 2.45) is 12.0 Å². The minimum Gasteiger partial charge on any atom is -0.348 e. The zero-order chi connectivity index (χ0) is 23.3. The van der Waals surface area contributed by atoms with Crippen LogP contribution >= 0.6 is 11.8 Å². The number of H-pyrrole nitrogens is 1. The zero-order valence-corrected chi connectivity index (χ0v) is 17.0. The first-order valence-electron chi connectivity index (χ1n) is 8.72. The number of carbonyl (C=O) groups excluding carboxylic acids is 1. The van der Waals surface area contributed by atoms with Gasteiger partial charge in [0.15, 0.2) is 16.6 Å². The molecule has 3 aromatic rings. The van der Waals surface area contributed by atoms with Gasteiger partial charge in [-0.2, -0.15) is 13.2 Å². The van der Waals surface area contributed by atoms with Crippen LogP contribution in [0.5, 0.6) is 0 Å². The Morgan fingerprint density at radius 2 is 2.16 bits per heavy atom. The second kappa shape index (κ2) is 9.65. The first-order valence-corrected chi connectivity index (χ1v) is 9.71. The maximum atomic E-state index is 12.9. The molecule has 1 amide bonds. The molecule has 16 heteroatoms. The molecule has 0 atom stereocenters. The molecule has 0 fully saturated rings. The van der Waals surface area contributed by atoms with Crippen LogP contribution in [0.2, 0.25) is 0 Å². The number of aromatic nitrogens is 5. The van der Waals surface area contributed by atoms with Gasteiger partial charge in [-0.15, -0.1) is 5.10 Å². The molecule has 0 saturated heterocycles. The van der Waals surface area contributed by atoms with Crippen molar-refractivity contribution >= 4 is 29.2 Å². The molecular weight excluding hydrogens is 457 g/mol. The third kappa shape index (κ3) is 5.52. The van der Waals surface area contributed by atoms with E-state index in [9.17, 15) is 28.0 Å². The number of aromatic amines is 1. The summed E-state index contributed by atoms with van der Waals surface area (Å²) in [7, 11) is 1.39. The van der Waals surface area contributed by atoms with Crippen LogP contribution in [0.3, 0.4) is 0 Å². The standard InChI is InChI=1S/C16H15F3N8O4S/c1-27-15(29)22-12(23-27)13(28)20-5-6-32-14-10(25-31-26-14)11(24-30)21-9-4-2-3-8(7-9)16(17,18)19/h2-4,7,30H,5-6H2,1H3,(H,20,28)(H,21,24)(H,22,23,29). The van der Waals surface area contributed by atoms with Crippen LogP contribution in [0, 0.1) is 0 Å². The molecule has 0 aliphatic carbocycles. The Balaban J connectivity index is 1.65. The Hall–Kier alpha value is -3.66. The molecule has 0 radical (unpaired) electrons. The van der Waals surface area contributed by atoms with Gasteiger partial charge in [0.05, 0.1) is 11.3 Å². The van der Waals surface area contributed by atoms with Crippen molar-refractivity contribution in [2.75, 3.05) is 12.3 Å². The number of nitrogens with one attached hydrogen (secondary N) is 3. The fourth-order valence-corrected chi connectivity index (χ4v) is 3.09. The number of benzene rings is 1. The Labute approximate surface area is 180 Å². The van der Waals surface area contributed by atoms with E-state index in [-0.39, 0.29) is 40.4 Å². The number of hydrogen-bond donors (Lipinski definition) is 4. The lowest BCUT2D eigenvalue weighted by Crippen LogP contribution is -2.27. The lowest BCUT2D eigenvalue weighted by molar-refractivity contribution is -0.137. The third-order valence-corrected chi connectivity index (χ3v) is 4.76. The number of aliphatic imine (C=N–C) groups is 1. The van der Waals surface area contributed by atoms with Crippen LogP contribution in [0.25, 0.3) is 0 Å². The fourth-order valence-electron chi connectivity index (χ4n) is 2.33. The molecule has 1 aromatic carbocycles. The van der Waals surface area contributed by atoms with Gasteiger partial charge in [-0.25, -0.2) is 19.1 Å². The van der Waals surface area contributed by atoms with Gasteiger partial charge < -0.3 is 5.32 Å². The molecule has 4 N–H and O–H groups in total. The van der Waals surface area contributed by atoms with Gasteiger partial charge in [-0.3, -0.25) is 20.5 Å². The SMILES string of the molecule is Cn1nc(C(=O)NCCSc2nonc2C(=Nc2cccc(C(F)(F)F)c2)NO)[nH]c1=O. The molecule has 0 spiro atoms. The molecule has 2 aromatic heterocycles. The number of hydroxylamine groups is 1. The fraction of sp³-hybridized carbons (Fsp3) is 0.250. The molecule has 170 valence electrons. The van der Waals surface area contributed by atoms with Crippen LogP contribution in [-0.2, 0) is 13.2 Å². The van der Waals surface area contributed by atoms with Gasteiger partial charge in [0, 0.05) is 19.3 Å². The summed E-state index contributed by atoms with van der Waals surface area (Å²) >= 11 is 1.07. The number of nitrogens with zero attached hydrogens (tertiary/aromatic N) is 5. The number of halogens is 3. The predicted octanol–water partition coefficient (Wildman–Crippen LogP) is 1.09. The minimum atomic E-state index is -4.55. The highest BCUT2D eigenvalue weighted by Crippen LogP contribution is 2.31. The number of hydrogen-bond acceptors (Lipinski definition) is 9. The lowest BCUT2D eigenvalue weighted by atomic mass is 10.2. The number of aryl methyl sites for hydroxylation is 1. The number of carbonyl (C=O) groups is 1. The second-order valence-corrected chi connectivity index (χ2v) is 7.13.